The Morgan fingerprint density at radius 2 is 1.67 bits per heavy atom. The molecule has 0 heterocycles. The topological polar surface area (TPSA) is 44.1 Å². The lowest BCUT2D eigenvalue weighted by molar-refractivity contribution is -0.116. The molecule has 0 bridgehead atoms. The van der Waals surface area contributed by atoms with Crippen molar-refractivity contribution in [2.24, 2.45) is 0 Å². The molecule has 3 aromatic rings. The molecule has 3 aromatic carbocycles. The van der Waals surface area contributed by atoms with Crippen LogP contribution < -0.4 is 4.90 Å². The SMILES string of the molecule is N#CCN(C(=O)CSc1ccc2ccccc2c1)c1ccccc1. The average Bonchev–Trinajstić information content (AvgIpc) is 2.64. The highest BCUT2D eigenvalue weighted by atomic mass is 32.2. The van der Waals surface area contributed by atoms with Crippen LogP contribution in [0.5, 0.6) is 0 Å². The molecule has 0 saturated heterocycles. The molecule has 0 aromatic heterocycles. The van der Waals surface area contributed by atoms with E-state index in [9.17, 15) is 4.79 Å². The minimum Gasteiger partial charge on any atom is -0.298 e. The van der Waals surface area contributed by atoms with E-state index in [0.29, 0.717) is 5.75 Å². The van der Waals surface area contributed by atoms with E-state index in [2.05, 4.69) is 30.3 Å². The lowest BCUT2D eigenvalue weighted by atomic mass is 10.1. The molecule has 0 aliphatic rings. The van der Waals surface area contributed by atoms with E-state index in [1.807, 2.05) is 48.5 Å². The van der Waals surface area contributed by atoms with E-state index in [-0.39, 0.29) is 12.5 Å². The number of thioether (sulfide) groups is 1. The quantitative estimate of drug-likeness (QED) is 0.511. The molecule has 1 amide bonds. The van der Waals surface area contributed by atoms with Crippen LogP contribution in [0.25, 0.3) is 10.8 Å². The number of para-hydroxylation sites is 1. The summed E-state index contributed by atoms with van der Waals surface area (Å²) in [6, 6.07) is 25.7. The van der Waals surface area contributed by atoms with Crippen molar-refractivity contribution in [3.05, 3.63) is 72.8 Å². The summed E-state index contributed by atoms with van der Waals surface area (Å²) < 4.78 is 0. The van der Waals surface area contributed by atoms with Crippen LogP contribution in [0, 0.1) is 11.3 Å². The molecule has 118 valence electrons. The molecule has 0 unspecified atom stereocenters. The van der Waals surface area contributed by atoms with Gasteiger partial charge in [-0.3, -0.25) is 9.69 Å². The molecule has 0 aliphatic carbocycles. The third-order valence-corrected chi connectivity index (χ3v) is 4.66. The smallest absolute Gasteiger partial charge is 0.238 e. The molecule has 3 nitrogen and oxygen atoms in total. The summed E-state index contributed by atoms with van der Waals surface area (Å²) in [6.07, 6.45) is 0. The fourth-order valence-corrected chi connectivity index (χ4v) is 3.30. The van der Waals surface area contributed by atoms with Gasteiger partial charge in [0.05, 0.1) is 11.8 Å². The second-order valence-electron chi connectivity index (χ2n) is 5.27. The normalized spacial score (nSPS) is 10.3. The van der Waals surface area contributed by atoms with Crippen LogP contribution in [0.4, 0.5) is 5.69 Å². The Bertz CT molecular complexity index is 887. The summed E-state index contributed by atoms with van der Waals surface area (Å²) in [6.45, 7) is 0.0567. The fourth-order valence-electron chi connectivity index (χ4n) is 2.48. The predicted molar refractivity (Wildman–Crippen MR) is 99.1 cm³/mol. The highest BCUT2D eigenvalue weighted by Crippen LogP contribution is 2.24. The van der Waals surface area contributed by atoms with Gasteiger partial charge in [0.15, 0.2) is 0 Å². The van der Waals surface area contributed by atoms with Crippen molar-refractivity contribution in [3.8, 4) is 6.07 Å². The number of nitrogens with zero attached hydrogens (tertiary/aromatic N) is 2. The molecule has 0 N–H and O–H groups in total. The number of fused-ring (bicyclic) bond motifs is 1. The van der Waals surface area contributed by atoms with Crippen molar-refractivity contribution in [2.75, 3.05) is 17.2 Å². The van der Waals surface area contributed by atoms with Gasteiger partial charge in [-0.25, -0.2) is 0 Å². The number of amides is 1. The van der Waals surface area contributed by atoms with Gasteiger partial charge in [-0.2, -0.15) is 5.26 Å². The van der Waals surface area contributed by atoms with Crippen molar-refractivity contribution in [3.63, 3.8) is 0 Å². The van der Waals surface area contributed by atoms with Crippen LogP contribution in [0.2, 0.25) is 0 Å². The Hall–Kier alpha value is -2.77. The standard InChI is InChI=1S/C20H16N2OS/c21-12-13-22(18-8-2-1-3-9-18)20(23)15-24-19-11-10-16-6-4-5-7-17(16)14-19/h1-11,14H,13,15H2. The number of hydrogen-bond donors (Lipinski definition) is 0. The molecule has 0 fully saturated rings. The van der Waals surface area contributed by atoms with E-state index in [4.69, 9.17) is 5.26 Å². The van der Waals surface area contributed by atoms with Crippen LogP contribution in [-0.2, 0) is 4.79 Å². The van der Waals surface area contributed by atoms with Gasteiger partial charge in [0.1, 0.15) is 6.54 Å². The molecule has 4 heteroatoms. The van der Waals surface area contributed by atoms with Crippen LogP contribution in [0.1, 0.15) is 0 Å². The number of anilines is 1. The molecule has 24 heavy (non-hydrogen) atoms. The number of rotatable bonds is 5. The van der Waals surface area contributed by atoms with Gasteiger partial charge in [0.25, 0.3) is 0 Å². The molecular weight excluding hydrogens is 316 g/mol. The van der Waals surface area contributed by atoms with E-state index in [1.54, 1.807) is 0 Å². The van der Waals surface area contributed by atoms with Gasteiger partial charge in [-0.15, -0.1) is 11.8 Å². The summed E-state index contributed by atoms with van der Waals surface area (Å²) in [5.74, 6) is 0.232. The zero-order valence-electron chi connectivity index (χ0n) is 13.1. The monoisotopic (exact) mass is 332 g/mol. The summed E-state index contributed by atoms with van der Waals surface area (Å²) in [5.41, 5.74) is 0.753. The maximum atomic E-state index is 12.5. The predicted octanol–water partition coefficient (Wildman–Crippen LogP) is 4.49. The molecule has 0 aliphatic heterocycles. The Balaban J connectivity index is 1.71. The number of benzene rings is 3. The number of nitriles is 1. The van der Waals surface area contributed by atoms with E-state index >= 15 is 0 Å². The van der Waals surface area contributed by atoms with Gasteiger partial charge in [-0.05, 0) is 35.0 Å². The van der Waals surface area contributed by atoms with Gasteiger partial charge >= 0.3 is 0 Å². The zero-order chi connectivity index (χ0) is 16.8. The van der Waals surface area contributed by atoms with Gasteiger partial charge < -0.3 is 0 Å². The Morgan fingerprint density at radius 1 is 0.958 bits per heavy atom. The van der Waals surface area contributed by atoms with Gasteiger partial charge in [0, 0.05) is 10.6 Å². The van der Waals surface area contributed by atoms with Crippen LogP contribution in [0.3, 0.4) is 0 Å². The Labute approximate surface area is 145 Å². The summed E-state index contributed by atoms with van der Waals surface area (Å²) in [4.78, 5) is 15.1. The number of carbonyl (C=O) groups is 1. The fraction of sp³-hybridized carbons (Fsp3) is 0.100. The Kier molecular flexibility index (Phi) is 5.15. The number of hydrogen-bond acceptors (Lipinski definition) is 3. The largest absolute Gasteiger partial charge is 0.298 e. The summed E-state index contributed by atoms with van der Waals surface area (Å²) in [5, 5.41) is 11.3. The van der Waals surface area contributed by atoms with Crippen molar-refractivity contribution < 1.29 is 4.79 Å². The molecule has 0 spiro atoms. The van der Waals surface area contributed by atoms with E-state index in [0.717, 1.165) is 16.0 Å². The van der Waals surface area contributed by atoms with Gasteiger partial charge in [-0.1, -0.05) is 48.5 Å². The maximum absolute atomic E-state index is 12.5. The first-order chi connectivity index (χ1) is 11.8. The minimum atomic E-state index is -0.0686. The number of carbonyl (C=O) groups excluding carboxylic acids is 1. The maximum Gasteiger partial charge on any atom is 0.238 e. The average molecular weight is 332 g/mol. The highest BCUT2D eigenvalue weighted by Gasteiger charge is 2.15. The summed E-state index contributed by atoms with van der Waals surface area (Å²) >= 11 is 1.49. The van der Waals surface area contributed by atoms with Crippen molar-refractivity contribution >= 4 is 34.1 Å². The summed E-state index contributed by atoms with van der Waals surface area (Å²) in [7, 11) is 0. The third-order valence-electron chi connectivity index (χ3n) is 3.68. The second-order valence-corrected chi connectivity index (χ2v) is 6.32. The van der Waals surface area contributed by atoms with E-state index < -0.39 is 0 Å². The molecule has 0 atom stereocenters. The van der Waals surface area contributed by atoms with Crippen molar-refractivity contribution in [1.29, 1.82) is 5.26 Å². The van der Waals surface area contributed by atoms with Crippen LogP contribution >= 0.6 is 11.8 Å². The first-order valence-corrected chi connectivity index (χ1v) is 8.60. The van der Waals surface area contributed by atoms with Crippen molar-refractivity contribution in [2.45, 2.75) is 4.90 Å². The third kappa shape index (κ3) is 3.76. The van der Waals surface area contributed by atoms with Gasteiger partial charge in [0.2, 0.25) is 5.91 Å². The molecule has 3 rings (SSSR count). The van der Waals surface area contributed by atoms with Crippen LogP contribution in [-0.4, -0.2) is 18.2 Å². The van der Waals surface area contributed by atoms with Crippen LogP contribution in [0.15, 0.2) is 77.7 Å². The molecule has 0 saturated carbocycles. The zero-order valence-corrected chi connectivity index (χ0v) is 13.9. The molecular formula is C20H16N2OS. The second kappa shape index (κ2) is 7.67. The van der Waals surface area contributed by atoms with E-state index in [1.165, 1.54) is 22.0 Å². The highest BCUT2D eigenvalue weighted by molar-refractivity contribution is 8.00. The lowest BCUT2D eigenvalue weighted by Gasteiger charge is -2.19. The first-order valence-electron chi connectivity index (χ1n) is 7.62. The van der Waals surface area contributed by atoms with Crippen molar-refractivity contribution in [1.82, 2.24) is 0 Å². The lowest BCUT2D eigenvalue weighted by Crippen LogP contribution is -2.32. The first kappa shape index (κ1) is 16.1. The minimum absolute atomic E-state index is 0.0567. The molecule has 0 radical (unpaired) electrons. The Morgan fingerprint density at radius 3 is 2.42 bits per heavy atom.